The first kappa shape index (κ1) is 19.3. The molecule has 0 radical (unpaired) electrons. The van der Waals surface area contributed by atoms with E-state index in [1.54, 1.807) is 30.3 Å². The van der Waals surface area contributed by atoms with Crippen LogP contribution >= 0.6 is 0 Å². The van der Waals surface area contributed by atoms with Crippen LogP contribution in [0, 0.1) is 11.8 Å². The summed E-state index contributed by atoms with van der Waals surface area (Å²) < 4.78 is 0. The van der Waals surface area contributed by atoms with Gasteiger partial charge in [0.15, 0.2) is 0 Å². The number of amides is 2. The Balaban J connectivity index is 1.68. The van der Waals surface area contributed by atoms with Crippen LogP contribution in [0.2, 0.25) is 0 Å². The van der Waals surface area contributed by atoms with E-state index in [1.807, 2.05) is 30.3 Å². The van der Waals surface area contributed by atoms with Crippen molar-refractivity contribution < 1.29 is 24.6 Å². The van der Waals surface area contributed by atoms with Gasteiger partial charge in [0.1, 0.15) is 11.3 Å². The summed E-state index contributed by atoms with van der Waals surface area (Å²) in [6.07, 6.45) is 0. The molecule has 2 heterocycles. The first-order valence-electron chi connectivity index (χ1n) is 9.99. The third-order valence-corrected chi connectivity index (χ3v) is 6.51. The highest BCUT2D eigenvalue weighted by Gasteiger charge is 2.67. The first-order valence-corrected chi connectivity index (χ1v) is 9.99. The van der Waals surface area contributed by atoms with Gasteiger partial charge in [-0.1, -0.05) is 54.6 Å². The molecule has 7 heteroatoms. The predicted molar refractivity (Wildman–Crippen MR) is 113 cm³/mol. The van der Waals surface area contributed by atoms with Crippen molar-refractivity contribution in [3.63, 3.8) is 0 Å². The summed E-state index contributed by atoms with van der Waals surface area (Å²) in [7, 11) is 0. The van der Waals surface area contributed by atoms with Gasteiger partial charge in [-0.15, -0.1) is 0 Å². The molecule has 7 nitrogen and oxygen atoms in total. The Morgan fingerprint density at radius 2 is 1.65 bits per heavy atom. The number of hydrogen-bond donors (Lipinski definition) is 3. The molecule has 31 heavy (non-hydrogen) atoms. The lowest BCUT2D eigenvalue weighted by Crippen LogP contribution is -2.53. The van der Waals surface area contributed by atoms with Crippen LogP contribution in [0.25, 0.3) is 10.8 Å². The highest BCUT2D eigenvalue weighted by Crippen LogP contribution is 2.51. The van der Waals surface area contributed by atoms with Crippen molar-refractivity contribution >= 4 is 34.2 Å². The number of aliphatic carboxylic acids is 1. The van der Waals surface area contributed by atoms with Crippen molar-refractivity contribution in [3.8, 4) is 5.75 Å². The summed E-state index contributed by atoms with van der Waals surface area (Å²) in [5.74, 6) is -4.38. The maximum atomic E-state index is 13.6. The number of aromatic hydroxyl groups is 1. The normalized spacial score (nSPS) is 27.6. The maximum Gasteiger partial charge on any atom is 0.324 e. The largest absolute Gasteiger partial charge is 0.508 e. The number of para-hydroxylation sites is 1. The van der Waals surface area contributed by atoms with Gasteiger partial charge in [-0.05, 0) is 24.4 Å². The highest BCUT2D eigenvalue weighted by atomic mass is 16.4. The monoisotopic (exact) mass is 416 g/mol. The molecule has 2 saturated heterocycles. The van der Waals surface area contributed by atoms with Crippen LogP contribution in [-0.2, 0) is 14.4 Å². The Morgan fingerprint density at radius 1 is 0.968 bits per heavy atom. The standard InChI is InChI=1S/C24H20N2O5/c1-24(23(30)31)19-18(20(25-24)15-10-4-5-12-17(15)27)21(28)26(22(19)29)16-11-6-8-13-7-2-3-9-14(13)16/h2-12,18-20,25,27H,1H3,(H,30,31)/t18-,19+,20+,24-/m0/s1. The Hall–Kier alpha value is -3.71. The molecule has 0 unspecified atom stereocenters. The molecule has 0 aliphatic carbocycles. The van der Waals surface area contributed by atoms with Crippen LogP contribution in [0.4, 0.5) is 5.69 Å². The molecule has 2 amide bonds. The number of rotatable bonds is 3. The first-order chi connectivity index (χ1) is 14.8. The number of benzene rings is 3. The minimum Gasteiger partial charge on any atom is -0.508 e. The van der Waals surface area contributed by atoms with Crippen molar-refractivity contribution in [3.05, 3.63) is 72.3 Å². The Kier molecular flexibility index (Phi) is 4.13. The van der Waals surface area contributed by atoms with Gasteiger partial charge in [-0.3, -0.25) is 19.7 Å². The van der Waals surface area contributed by atoms with E-state index in [9.17, 15) is 24.6 Å². The fourth-order valence-electron chi connectivity index (χ4n) is 4.99. The number of carbonyl (C=O) groups excluding carboxylic acids is 2. The number of carboxylic acids is 1. The molecule has 5 rings (SSSR count). The molecule has 156 valence electrons. The quantitative estimate of drug-likeness (QED) is 0.567. The summed E-state index contributed by atoms with van der Waals surface area (Å²) in [6, 6.07) is 18.4. The SMILES string of the molecule is C[C@]1(C(=O)O)N[C@H](c2ccccc2O)[C@H]2C(=O)N(c3cccc4ccccc34)C(=O)[C@@H]21. The Morgan fingerprint density at radius 3 is 2.39 bits per heavy atom. The molecule has 3 N–H and O–H groups in total. The van der Waals surface area contributed by atoms with E-state index in [2.05, 4.69) is 5.32 Å². The molecular weight excluding hydrogens is 396 g/mol. The number of phenols is 1. The summed E-state index contributed by atoms with van der Waals surface area (Å²) in [5, 5.41) is 24.9. The third kappa shape index (κ3) is 2.60. The molecule has 2 aliphatic heterocycles. The summed E-state index contributed by atoms with van der Waals surface area (Å²) in [5.41, 5.74) is -0.835. The number of nitrogens with one attached hydrogen (secondary N) is 1. The number of carbonyl (C=O) groups is 3. The molecule has 0 bridgehead atoms. The van der Waals surface area contributed by atoms with Gasteiger partial charge in [0, 0.05) is 17.0 Å². The third-order valence-electron chi connectivity index (χ3n) is 6.51. The van der Waals surface area contributed by atoms with Gasteiger partial charge < -0.3 is 10.2 Å². The zero-order valence-electron chi connectivity index (χ0n) is 16.6. The van der Waals surface area contributed by atoms with Crippen LogP contribution in [0.1, 0.15) is 18.5 Å². The summed E-state index contributed by atoms with van der Waals surface area (Å²) in [4.78, 5) is 40.5. The number of hydrogen-bond acceptors (Lipinski definition) is 5. The van der Waals surface area contributed by atoms with Gasteiger partial charge in [0.25, 0.3) is 0 Å². The van der Waals surface area contributed by atoms with Crippen molar-refractivity contribution in [2.75, 3.05) is 4.90 Å². The molecule has 0 spiro atoms. The number of imide groups is 1. The van der Waals surface area contributed by atoms with Crippen molar-refractivity contribution in [1.82, 2.24) is 5.32 Å². The predicted octanol–water partition coefficient (Wildman–Crippen LogP) is 2.84. The molecule has 4 atom stereocenters. The van der Waals surface area contributed by atoms with E-state index in [0.29, 0.717) is 11.3 Å². The smallest absolute Gasteiger partial charge is 0.324 e. The number of phenolic OH excluding ortho intramolecular Hbond substituents is 1. The van der Waals surface area contributed by atoms with E-state index in [0.717, 1.165) is 15.7 Å². The number of nitrogens with zero attached hydrogens (tertiary/aromatic N) is 1. The molecule has 2 fully saturated rings. The lowest BCUT2D eigenvalue weighted by atomic mass is 9.80. The minimum absolute atomic E-state index is 0.0581. The van der Waals surface area contributed by atoms with E-state index in [1.165, 1.54) is 13.0 Å². The zero-order chi connectivity index (χ0) is 21.9. The van der Waals surface area contributed by atoms with Gasteiger partial charge in [-0.2, -0.15) is 0 Å². The average Bonchev–Trinajstić information content (AvgIpc) is 3.22. The minimum atomic E-state index is -1.66. The van der Waals surface area contributed by atoms with Crippen LogP contribution in [0.15, 0.2) is 66.7 Å². The Labute approximate surface area is 177 Å². The van der Waals surface area contributed by atoms with Gasteiger partial charge in [0.2, 0.25) is 11.8 Å². The van der Waals surface area contributed by atoms with Gasteiger partial charge in [0.05, 0.1) is 17.5 Å². The molecule has 3 aromatic carbocycles. The van der Waals surface area contributed by atoms with E-state index in [-0.39, 0.29) is 5.75 Å². The van der Waals surface area contributed by atoms with Crippen molar-refractivity contribution in [2.24, 2.45) is 11.8 Å². The van der Waals surface area contributed by atoms with E-state index >= 15 is 0 Å². The number of carboxylic acid groups (broad SMARTS) is 1. The van der Waals surface area contributed by atoms with Gasteiger partial charge in [-0.25, -0.2) is 4.90 Å². The molecular formula is C24H20N2O5. The number of anilines is 1. The molecule has 2 aliphatic rings. The van der Waals surface area contributed by atoms with Crippen LogP contribution in [-0.4, -0.2) is 33.5 Å². The van der Waals surface area contributed by atoms with Crippen molar-refractivity contribution in [2.45, 2.75) is 18.5 Å². The summed E-state index contributed by atoms with van der Waals surface area (Å²) >= 11 is 0. The van der Waals surface area contributed by atoms with Crippen LogP contribution in [0.3, 0.4) is 0 Å². The second-order valence-electron chi connectivity index (χ2n) is 8.20. The van der Waals surface area contributed by atoms with Crippen molar-refractivity contribution in [1.29, 1.82) is 0 Å². The second kappa shape index (κ2) is 6.65. The Bertz CT molecular complexity index is 1250. The lowest BCUT2D eigenvalue weighted by Gasteiger charge is -2.27. The fourth-order valence-corrected chi connectivity index (χ4v) is 4.99. The van der Waals surface area contributed by atoms with E-state index in [4.69, 9.17) is 0 Å². The molecule has 0 aromatic heterocycles. The average molecular weight is 416 g/mol. The summed E-state index contributed by atoms with van der Waals surface area (Å²) in [6.45, 7) is 1.42. The second-order valence-corrected chi connectivity index (χ2v) is 8.20. The number of fused-ring (bicyclic) bond motifs is 2. The van der Waals surface area contributed by atoms with Crippen LogP contribution < -0.4 is 10.2 Å². The zero-order valence-corrected chi connectivity index (χ0v) is 16.6. The topological polar surface area (TPSA) is 107 Å². The molecule has 3 aromatic rings. The molecule has 0 saturated carbocycles. The van der Waals surface area contributed by atoms with E-state index < -0.39 is 41.2 Å². The fraction of sp³-hybridized carbons (Fsp3) is 0.208. The lowest BCUT2D eigenvalue weighted by molar-refractivity contribution is -0.147. The van der Waals surface area contributed by atoms with Crippen LogP contribution in [0.5, 0.6) is 5.75 Å². The van der Waals surface area contributed by atoms with Gasteiger partial charge >= 0.3 is 5.97 Å². The maximum absolute atomic E-state index is 13.6. The highest BCUT2D eigenvalue weighted by molar-refractivity contribution is 6.26.